The molecule has 9 heteroatoms. The number of allylic oxidation sites excluding steroid dienone is 1. The van der Waals surface area contributed by atoms with Crippen molar-refractivity contribution >= 4 is 23.3 Å². The Labute approximate surface area is 177 Å². The van der Waals surface area contributed by atoms with Crippen LogP contribution in [0.2, 0.25) is 0 Å². The molecule has 0 bridgehead atoms. The van der Waals surface area contributed by atoms with Gasteiger partial charge in [0.25, 0.3) is 5.78 Å². The lowest BCUT2D eigenvalue weighted by Gasteiger charge is -2.17. The van der Waals surface area contributed by atoms with Gasteiger partial charge in [0, 0.05) is 24.4 Å². The Morgan fingerprint density at radius 2 is 1.68 bits per heavy atom. The highest BCUT2D eigenvalue weighted by atomic mass is 19.4. The van der Waals surface area contributed by atoms with Crippen LogP contribution >= 0.6 is 0 Å². The Kier molecular flexibility index (Phi) is 8.36. The average Bonchev–Trinajstić information content (AvgIpc) is 2.73. The zero-order chi connectivity index (χ0) is 22.9. The number of hydrogen-bond donors (Lipinski definition) is 2. The highest BCUT2D eigenvalue weighted by molar-refractivity contribution is 5.97. The van der Waals surface area contributed by atoms with E-state index in [2.05, 4.69) is 10.6 Å². The van der Waals surface area contributed by atoms with E-state index in [1.165, 1.54) is 24.3 Å². The quantitative estimate of drug-likeness (QED) is 0.465. The molecule has 2 aromatic rings. The molecule has 1 atom stereocenters. The van der Waals surface area contributed by atoms with E-state index in [0.717, 1.165) is 11.8 Å². The first-order chi connectivity index (χ1) is 14.7. The van der Waals surface area contributed by atoms with Crippen molar-refractivity contribution in [1.29, 1.82) is 0 Å². The number of benzene rings is 2. The van der Waals surface area contributed by atoms with Crippen molar-refractivity contribution in [2.75, 3.05) is 11.9 Å². The summed E-state index contributed by atoms with van der Waals surface area (Å²) in [5.41, 5.74) is 1.46. The lowest BCUT2D eigenvalue weighted by molar-refractivity contribution is -0.165. The largest absolute Gasteiger partial charge is 0.462 e. The highest BCUT2D eigenvalue weighted by Gasteiger charge is 2.36. The fourth-order valence-corrected chi connectivity index (χ4v) is 2.54. The molecular formula is C22H21F3N2O4. The summed E-state index contributed by atoms with van der Waals surface area (Å²) in [6, 6.07) is 13.9. The molecule has 31 heavy (non-hydrogen) atoms. The maximum Gasteiger partial charge on any atom is 0.454 e. The molecule has 0 spiro atoms. The van der Waals surface area contributed by atoms with Crippen molar-refractivity contribution in [1.82, 2.24) is 5.32 Å². The molecule has 0 aromatic heterocycles. The molecule has 0 aliphatic carbocycles. The van der Waals surface area contributed by atoms with Crippen molar-refractivity contribution in [3.63, 3.8) is 0 Å². The lowest BCUT2D eigenvalue weighted by atomic mass is 10.1. The molecule has 1 unspecified atom stereocenters. The minimum Gasteiger partial charge on any atom is -0.462 e. The number of esters is 1. The molecule has 164 valence electrons. The number of amides is 1. The second-order valence-corrected chi connectivity index (χ2v) is 6.39. The zero-order valence-corrected chi connectivity index (χ0v) is 16.6. The predicted octanol–water partition coefficient (Wildman–Crippen LogP) is 3.65. The Morgan fingerprint density at radius 1 is 1.03 bits per heavy atom. The molecule has 1 amide bonds. The molecule has 0 aliphatic heterocycles. The van der Waals surface area contributed by atoms with Crippen LogP contribution in [0.4, 0.5) is 18.9 Å². The fourth-order valence-electron chi connectivity index (χ4n) is 2.54. The Bertz CT molecular complexity index is 926. The number of alkyl halides is 3. The van der Waals surface area contributed by atoms with Gasteiger partial charge in [-0.2, -0.15) is 13.2 Å². The van der Waals surface area contributed by atoms with Gasteiger partial charge in [0.2, 0.25) is 5.91 Å². The minimum absolute atomic E-state index is 0.165. The number of halogens is 3. The second kappa shape index (κ2) is 11.0. The van der Waals surface area contributed by atoms with Gasteiger partial charge in [-0.1, -0.05) is 30.3 Å². The molecule has 2 aromatic carbocycles. The van der Waals surface area contributed by atoms with Gasteiger partial charge in [0.05, 0.1) is 12.2 Å². The van der Waals surface area contributed by atoms with Crippen LogP contribution in [0.15, 0.2) is 66.9 Å². The number of rotatable bonds is 9. The monoisotopic (exact) mass is 434 g/mol. The van der Waals surface area contributed by atoms with Crippen LogP contribution in [0.3, 0.4) is 0 Å². The van der Waals surface area contributed by atoms with Gasteiger partial charge >= 0.3 is 12.1 Å². The lowest BCUT2D eigenvalue weighted by Crippen LogP contribution is -2.39. The Hall–Kier alpha value is -3.62. The van der Waals surface area contributed by atoms with Crippen LogP contribution in [0.25, 0.3) is 0 Å². The smallest absolute Gasteiger partial charge is 0.454 e. The van der Waals surface area contributed by atoms with Crippen LogP contribution in [-0.4, -0.2) is 36.5 Å². The molecule has 0 aliphatic rings. The van der Waals surface area contributed by atoms with E-state index in [4.69, 9.17) is 4.74 Å². The number of nitrogens with one attached hydrogen (secondary N) is 2. The van der Waals surface area contributed by atoms with E-state index in [0.29, 0.717) is 17.3 Å². The summed E-state index contributed by atoms with van der Waals surface area (Å²) in [5.74, 6) is -3.06. The first kappa shape index (κ1) is 23.7. The van der Waals surface area contributed by atoms with Crippen LogP contribution < -0.4 is 10.6 Å². The summed E-state index contributed by atoms with van der Waals surface area (Å²) >= 11 is 0. The molecular weight excluding hydrogens is 413 g/mol. The zero-order valence-electron chi connectivity index (χ0n) is 16.6. The normalized spacial score (nSPS) is 12.3. The van der Waals surface area contributed by atoms with Gasteiger partial charge in [-0.25, -0.2) is 4.79 Å². The topological polar surface area (TPSA) is 84.5 Å². The minimum atomic E-state index is -4.99. The summed E-state index contributed by atoms with van der Waals surface area (Å²) in [4.78, 5) is 35.4. The molecule has 6 nitrogen and oxygen atoms in total. The number of ether oxygens (including phenoxy) is 1. The third-order valence-electron chi connectivity index (χ3n) is 4.07. The molecule has 0 saturated heterocycles. The number of carbonyl (C=O) groups excluding carboxylic acids is 3. The summed E-state index contributed by atoms with van der Waals surface area (Å²) < 4.78 is 42.0. The Morgan fingerprint density at radius 3 is 2.26 bits per heavy atom. The fraction of sp³-hybridized carbons (Fsp3) is 0.227. The summed E-state index contributed by atoms with van der Waals surface area (Å²) in [7, 11) is 0. The number of anilines is 1. The third-order valence-corrected chi connectivity index (χ3v) is 4.07. The van der Waals surface area contributed by atoms with Crippen molar-refractivity contribution in [3.8, 4) is 0 Å². The van der Waals surface area contributed by atoms with Crippen molar-refractivity contribution in [3.05, 3.63) is 78.0 Å². The van der Waals surface area contributed by atoms with E-state index >= 15 is 0 Å². The molecule has 0 radical (unpaired) electrons. The van der Waals surface area contributed by atoms with Crippen LogP contribution in [0.1, 0.15) is 22.8 Å². The van der Waals surface area contributed by atoms with Crippen LogP contribution in [0.5, 0.6) is 0 Å². The first-order valence-corrected chi connectivity index (χ1v) is 9.36. The maximum atomic E-state index is 12.7. The van der Waals surface area contributed by atoms with Crippen LogP contribution in [-0.2, 0) is 20.7 Å². The maximum absolute atomic E-state index is 12.7. The van der Waals surface area contributed by atoms with Crippen molar-refractivity contribution in [2.45, 2.75) is 25.6 Å². The summed E-state index contributed by atoms with van der Waals surface area (Å²) in [6.45, 7) is 1.91. The van der Waals surface area contributed by atoms with E-state index in [-0.39, 0.29) is 13.0 Å². The highest BCUT2D eigenvalue weighted by Crippen LogP contribution is 2.16. The van der Waals surface area contributed by atoms with E-state index in [9.17, 15) is 27.6 Å². The van der Waals surface area contributed by atoms with Gasteiger partial charge < -0.3 is 15.4 Å². The van der Waals surface area contributed by atoms with Crippen LogP contribution in [0, 0.1) is 0 Å². The Balaban J connectivity index is 2.11. The van der Waals surface area contributed by atoms with Gasteiger partial charge in [0.15, 0.2) is 0 Å². The molecule has 2 N–H and O–H groups in total. The van der Waals surface area contributed by atoms with E-state index < -0.39 is 29.9 Å². The summed E-state index contributed by atoms with van der Waals surface area (Å²) in [6.07, 6.45) is -3.68. The molecule has 0 fully saturated rings. The van der Waals surface area contributed by atoms with Gasteiger partial charge in [-0.15, -0.1) is 0 Å². The molecule has 0 saturated carbocycles. The van der Waals surface area contributed by atoms with Gasteiger partial charge in [-0.3, -0.25) is 9.59 Å². The standard InChI is InChI=1S/C22H21F3N2O4/c1-2-31-21(30)16-8-10-17(11-9-16)27-20(29)18(14-15-6-4-3-5-7-15)26-13-12-19(28)22(23,24)25/h3-13,18,26H,2,14H2,1H3,(H,27,29)/b13-12+. The number of carbonyl (C=O) groups is 3. The molecule has 0 heterocycles. The average molecular weight is 434 g/mol. The summed E-state index contributed by atoms with van der Waals surface area (Å²) in [5, 5.41) is 5.18. The molecule has 2 rings (SSSR count). The first-order valence-electron chi connectivity index (χ1n) is 9.36. The van der Waals surface area contributed by atoms with Gasteiger partial charge in [0.1, 0.15) is 6.04 Å². The number of hydrogen-bond acceptors (Lipinski definition) is 5. The SMILES string of the molecule is CCOC(=O)c1ccc(NC(=O)C(Cc2ccccc2)N/C=C/C(=O)C(F)(F)F)cc1. The van der Waals surface area contributed by atoms with Gasteiger partial charge in [-0.05, 0) is 36.8 Å². The predicted molar refractivity (Wildman–Crippen MR) is 108 cm³/mol. The van der Waals surface area contributed by atoms with E-state index in [1.54, 1.807) is 37.3 Å². The van der Waals surface area contributed by atoms with E-state index in [1.807, 2.05) is 0 Å². The number of ketones is 1. The third kappa shape index (κ3) is 7.61. The second-order valence-electron chi connectivity index (χ2n) is 6.39. The van der Waals surface area contributed by atoms with Crippen molar-refractivity contribution in [2.24, 2.45) is 0 Å². The van der Waals surface area contributed by atoms with Crippen molar-refractivity contribution < 1.29 is 32.3 Å².